The molecule has 1 aliphatic carbocycles. The minimum absolute atomic E-state index is 0.504. The fraction of sp³-hybridized carbons (Fsp3) is 0.632. The van der Waals surface area contributed by atoms with E-state index in [9.17, 15) is 10.4 Å². The molecule has 114 valence electrons. The molecule has 2 nitrogen and oxygen atoms in total. The Kier molecular flexibility index (Phi) is 5.42. The summed E-state index contributed by atoms with van der Waals surface area (Å²) in [7, 11) is 0. The van der Waals surface area contributed by atoms with Crippen molar-refractivity contribution in [2.24, 2.45) is 17.3 Å². The van der Waals surface area contributed by atoms with Crippen LogP contribution in [-0.4, -0.2) is 11.2 Å². The Labute approximate surface area is 128 Å². The molecule has 0 radical (unpaired) electrons. The monoisotopic (exact) mass is 285 g/mol. The quantitative estimate of drug-likeness (QED) is 0.874. The average Bonchev–Trinajstić information content (AvgIpc) is 2.53. The van der Waals surface area contributed by atoms with E-state index in [4.69, 9.17) is 0 Å². The number of aliphatic hydroxyl groups is 1. The molecule has 1 saturated carbocycles. The molecule has 1 N–H and O–H groups in total. The zero-order valence-corrected chi connectivity index (χ0v) is 13.3. The van der Waals surface area contributed by atoms with Crippen LogP contribution in [0.2, 0.25) is 0 Å². The highest BCUT2D eigenvalue weighted by atomic mass is 16.3. The third kappa shape index (κ3) is 3.86. The van der Waals surface area contributed by atoms with Crippen molar-refractivity contribution >= 4 is 0 Å². The van der Waals surface area contributed by atoms with Crippen molar-refractivity contribution in [3.8, 4) is 6.07 Å². The Balaban J connectivity index is 1.93. The molecule has 1 fully saturated rings. The van der Waals surface area contributed by atoms with Gasteiger partial charge in [0.05, 0.1) is 17.6 Å². The number of hydrogen-bond donors (Lipinski definition) is 1. The van der Waals surface area contributed by atoms with Crippen molar-refractivity contribution < 1.29 is 5.11 Å². The molecular weight excluding hydrogens is 258 g/mol. The lowest BCUT2D eigenvalue weighted by Gasteiger charge is -2.39. The lowest BCUT2D eigenvalue weighted by molar-refractivity contribution is 0.0153. The van der Waals surface area contributed by atoms with Crippen LogP contribution >= 0.6 is 0 Å². The molecule has 0 bridgehead atoms. The number of aliphatic hydroxyl groups excluding tert-OH is 1. The number of aryl methyl sites for hydroxylation is 1. The highest BCUT2D eigenvalue weighted by Gasteiger charge is 2.41. The first-order valence-electron chi connectivity index (χ1n) is 8.20. The van der Waals surface area contributed by atoms with Crippen molar-refractivity contribution in [2.45, 2.75) is 58.5 Å². The van der Waals surface area contributed by atoms with Gasteiger partial charge in [0, 0.05) is 0 Å². The average molecular weight is 285 g/mol. The van der Waals surface area contributed by atoms with Gasteiger partial charge in [-0.3, -0.25) is 0 Å². The van der Waals surface area contributed by atoms with E-state index in [1.165, 1.54) is 5.56 Å². The number of benzene rings is 1. The normalized spacial score (nSPS) is 27.3. The molecule has 0 aromatic heterocycles. The summed E-state index contributed by atoms with van der Waals surface area (Å²) in [6, 6.07) is 12.7. The van der Waals surface area contributed by atoms with Crippen LogP contribution in [0.3, 0.4) is 0 Å². The van der Waals surface area contributed by atoms with Crippen LogP contribution in [0.25, 0.3) is 0 Å². The second-order valence-electron chi connectivity index (χ2n) is 6.89. The number of nitriles is 1. The van der Waals surface area contributed by atoms with Crippen molar-refractivity contribution in [3.63, 3.8) is 0 Å². The lowest BCUT2D eigenvalue weighted by atomic mass is 9.65. The third-order valence-electron chi connectivity index (χ3n) is 5.28. The van der Waals surface area contributed by atoms with Crippen LogP contribution in [0.4, 0.5) is 0 Å². The van der Waals surface area contributed by atoms with Gasteiger partial charge in [0.2, 0.25) is 0 Å². The van der Waals surface area contributed by atoms with Crippen LogP contribution in [0.5, 0.6) is 0 Å². The molecule has 0 amide bonds. The SMILES string of the molecule is CC(C)C1CCC(C#N)(C(O)CCc2ccccc2)CC1. The van der Waals surface area contributed by atoms with E-state index < -0.39 is 11.5 Å². The summed E-state index contributed by atoms with van der Waals surface area (Å²) in [6.07, 6.45) is 4.88. The predicted octanol–water partition coefficient (Wildman–Crippen LogP) is 4.34. The molecule has 0 aliphatic heterocycles. The van der Waals surface area contributed by atoms with E-state index in [1.807, 2.05) is 18.2 Å². The second-order valence-corrected chi connectivity index (χ2v) is 6.89. The van der Waals surface area contributed by atoms with Gasteiger partial charge >= 0.3 is 0 Å². The van der Waals surface area contributed by atoms with Crippen LogP contribution in [0.15, 0.2) is 30.3 Å². The molecular formula is C19H27NO. The lowest BCUT2D eigenvalue weighted by Crippen LogP contribution is -2.38. The first kappa shape index (κ1) is 16.0. The van der Waals surface area contributed by atoms with Gasteiger partial charge in [0.1, 0.15) is 0 Å². The Hall–Kier alpha value is -1.33. The highest BCUT2D eigenvalue weighted by molar-refractivity contribution is 5.15. The maximum absolute atomic E-state index is 10.6. The first-order chi connectivity index (χ1) is 10.1. The molecule has 1 aromatic carbocycles. The van der Waals surface area contributed by atoms with E-state index in [-0.39, 0.29) is 0 Å². The minimum Gasteiger partial charge on any atom is -0.391 e. The van der Waals surface area contributed by atoms with Crippen molar-refractivity contribution in [1.29, 1.82) is 5.26 Å². The summed E-state index contributed by atoms with van der Waals surface area (Å²) in [4.78, 5) is 0. The number of rotatable bonds is 5. The summed E-state index contributed by atoms with van der Waals surface area (Å²) in [5, 5.41) is 20.2. The predicted molar refractivity (Wildman–Crippen MR) is 85.6 cm³/mol. The minimum atomic E-state index is -0.514. The maximum Gasteiger partial charge on any atom is 0.0832 e. The van der Waals surface area contributed by atoms with Crippen molar-refractivity contribution in [2.75, 3.05) is 0 Å². The van der Waals surface area contributed by atoms with E-state index in [2.05, 4.69) is 32.0 Å². The standard InChI is InChI=1S/C19H27NO/c1-15(2)17-10-12-19(14-20,13-11-17)18(21)9-8-16-6-4-3-5-7-16/h3-7,15,17-18,21H,8-13H2,1-2H3. The van der Waals surface area contributed by atoms with Gasteiger partial charge in [-0.1, -0.05) is 44.2 Å². The number of hydrogen-bond acceptors (Lipinski definition) is 2. The molecule has 1 atom stereocenters. The summed E-state index contributed by atoms with van der Waals surface area (Å²) < 4.78 is 0. The van der Waals surface area contributed by atoms with Crippen molar-refractivity contribution in [3.05, 3.63) is 35.9 Å². The topological polar surface area (TPSA) is 44.0 Å². The van der Waals surface area contributed by atoms with Gasteiger partial charge in [-0.05, 0) is 55.9 Å². The summed E-state index contributed by atoms with van der Waals surface area (Å²) in [6.45, 7) is 4.52. The van der Waals surface area contributed by atoms with Crippen LogP contribution in [0.1, 0.15) is 51.5 Å². The van der Waals surface area contributed by atoms with Gasteiger partial charge in [0.15, 0.2) is 0 Å². The van der Waals surface area contributed by atoms with Crippen LogP contribution in [-0.2, 0) is 6.42 Å². The smallest absolute Gasteiger partial charge is 0.0832 e. The summed E-state index contributed by atoms with van der Waals surface area (Å²) >= 11 is 0. The number of nitrogens with zero attached hydrogens (tertiary/aromatic N) is 1. The van der Waals surface area contributed by atoms with Gasteiger partial charge in [-0.2, -0.15) is 5.26 Å². The van der Waals surface area contributed by atoms with Crippen molar-refractivity contribution in [1.82, 2.24) is 0 Å². The zero-order valence-electron chi connectivity index (χ0n) is 13.3. The van der Waals surface area contributed by atoms with Gasteiger partial charge in [-0.15, -0.1) is 0 Å². The molecule has 1 aromatic rings. The molecule has 1 unspecified atom stereocenters. The van der Waals surface area contributed by atoms with Gasteiger partial charge in [-0.25, -0.2) is 0 Å². The zero-order chi connectivity index (χ0) is 15.3. The fourth-order valence-corrected chi connectivity index (χ4v) is 3.57. The van der Waals surface area contributed by atoms with E-state index in [0.717, 1.165) is 32.1 Å². The fourth-order valence-electron chi connectivity index (χ4n) is 3.57. The Bertz CT molecular complexity index is 466. The summed E-state index contributed by atoms with van der Waals surface area (Å²) in [5.74, 6) is 1.40. The highest BCUT2D eigenvalue weighted by Crippen LogP contribution is 2.44. The molecule has 0 saturated heterocycles. The largest absolute Gasteiger partial charge is 0.391 e. The van der Waals surface area contributed by atoms with Gasteiger partial charge < -0.3 is 5.11 Å². The molecule has 21 heavy (non-hydrogen) atoms. The third-order valence-corrected chi connectivity index (χ3v) is 5.28. The van der Waals surface area contributed by atoms with Crippen LogP contribution in [0, 0.1) is 28.6 Å². The molecule has 0 heterocycles. The molecule has 0 spiro atoms. The maximum atomic E-state index is 10.6. The summed E-state index contributed by atoms with van der Waals surface area (Å²) in [5.41, 5.74) is 0.723. The Morgan fingerprint density at radius 1 is 1.24 bits per heavy atom. The molecule has 2 heteroatoms. The Morgan fingerprint density at radius 2 is 1.86 bits per heavy atom. The molecule has 2 rings (SSSR count). The van der Waals surface area contributed by atoms with E-state index in [0.29, 0.717) is 18.3 Å². The van der Waals surface area contributed by atoms with Crippen LogP contribution < -0.4 is 0 Å². The van der Waals surface area contributed by atoms with E-state index in [1.54, 1.807) is 0 Å². The second kappa shape index (κ2) is 7.09. The van der Waals surface area contributed by atoms with E-state index >= 15 is 0 Å². The first-order valence-corrected chi connectivity index (χ1v) is 8.20. The molecule has 1 aliphatic rings. The van der Waals surface area contributed by atoms with Gasteiger partial charge in [0.25, 0.3) is 0 Å². The Morgan fingerprint density at radius 3 is 2.38 bits per heavy atom.